The Labute approximate surface area is 132 Å². The lowest BCUT2D eigenvalue weighted by Gasteiger charge is -2.27. The normalized spacial score (nSPS) is 13.8. The van der Waals surface area contributed by atoms with Crippen LogP contribution in [0.3, 0.4) is 0 Å². The molecule has 106 valence electrons. The highest BCUT2D eigenvalue weighted by atomic mass is 32.1. The maximum atomic E-state index is 12.8. The second kappa shape index (κ2) is 4.71. The number of amides is 2. The zero-order chi connectivity index (χ0) is 15.3. The molecule has 1 aliphatic heterocycles. The van der Waals surface area contributed by atoms with Gasteiger partial charge in [0.2, 0.25) is 0 Å². The minimum Gasteiger partial charge on any atom is -0.268 e. The average Bonchev–Trinajstić information content (AvgIpc) is 2.54. The van der Waals surface area contributed by atoms with Gasteiger partial charge in [-0.1, -0.05) is 24.3 Å². The fraction of sp³-hybridized carbons (Fsp3) is 0. The van der Waals surface area contributed by atoms with Crippen LogP contribution in [0.15, 0.2) is 65.6 Å². The smallest absolute Gasteiger partial charge is 0.265 e. The zero-order valence-electron chi connectivity index (χ0n) is 11.5. The van der Waals surface area contributed by atoms with Crippen LogP contribution in [0.25, 0.3) is 10.8 Å². The van der Waals surface area contributed by atoms with Crippen LogP contribution in [0.2, 0.25) is 0 Å². The van der Waals surface area contributed by atoms with Crippen LogP contribution in [-0.2, 0) is 0 Å². The Morgan fingerprint density at radius 2 is 1.27 bits per heavy atom. The number of benzene rings is 3. The summed E-state index contributed by atoms with van der Waals surface area (Å²) in [6, 6.07) is 18.0. The van der Waals surface area contributed by atoms with Gasteiger partial charge in [-0.25, -0.2) is 4.90 Å². The third kappa shape index (κ3) is 1.77. The lowest BCUT2D eigenvalue weighted by Crippen LogP contribution is -2.40. The third-order valence-corrected chi connectivity index (χ3v) is 4.18. The summed E-state index contributed by atoms with van der Waals surface area (Å²) in [5, 5.41) is 1.64. The van der Waals surface area contributed by atoms with Crippen molar-refractivity contribution in [1.82, 2.24) is 0 Å². The second-order valence-corrected chi connectivity index (χ2v) is 5.69. The summed E-state index contributed by atoms with van der Waals surface area (Å²) < 4.78 is 0. The van der Waals surface area contributed by atoms with Crippen molar-refractivity contribution in [2.45, 2.75) is 4.90 Å². The first-order chi connectivity index (χ1) is 10.7. The number of anilines is 1. The van der Waals surface area contributed by atoms with Crippen molar-refractivity contribution < 1.29 is 9.59 Å². The van der Waals surface area contributed by atoms with E-state index >= 15 is 0 Å². The van der Waals surface area contributed by atoms with Gasteiger partial charge in [-0.3, -0.25) is 9.59 Å². The molecule has 0 saturated heterocycles. The van der Waals surface area contributed by atoms with Gasteiger partial charge in [0, 0.05) is 21.4 Å². The lowest BCUT2D eigenvalue weighted by molar-refractivity contribution is 0.0893. The number of carbonyl (C=O) groups is 2. The van der Waals surface area contributed by atoms with Gasteiger partial charge in [-0.05, 0) is 41.8 Å². The standard InChI is InChI=1S/C18H11NO2S/c20-17-14-5-1-3-11-4-2-6-15(16(11)14)18(21)19(17)12-7-9-13(22)10-8-12/h1-10,22H. The predicted molar refractivity (Wildman–Crippen MR) is 88.8 cm³/mol. The van der Waals surface area contributed by atoms with Gasteiger partial charge in [-0.2, -0.15) is 0 Å². The van der Waals surface area contributed by atoms with Crippen LogP contribution >= 0.6 is 12.6 Å². The molecule has 3 aromatic rings. The van der Waals surface area contributed by atoms with Gasteiger partial charge in [0.05, 0.1) is 5.69 Å². The Morgan fingerprint density at radius 1 is 0.727 bits per heavy atom. The molecule has 4 rings (SSSR count). The minimum absolute atomic E-state index is 0.291. The summed E-state index contributed by atoms with van der Waals surface area (Å²) >= 11 is 4.24. The van der Waals surface area contributed by atoms with Crippen LogP contribution in [0.1, 0.15) is 20.7 Å². The molecule has 0 N–H and O–H groups in total. The number of nitrogens with zero attached hydrogens (tertiary/aromatic N) is 1. The molecule has 3 nitrogen and oxygen atoms in total. The molecule has 3 aromatic carbocycles. The third-order valence-electron chi connectivity index (χ3n) is 3.88. The Hall–Kier alpha value is -2.59. The van der Waals surface area contributed by atoms with E-state index in [1.165, 1.54) is 4.90 Å². The number of hydrogen-bond acceptors (Lipinski definition) is 3. The van der Waals surface area contributed by atoms with E-state index in [9.17, 15) is 9.59 Å². The summed E-state index contributed by atoms with van der Waals surface area (Å²) in [5.41, 5.74) is 1.67. The van der Waals surface area contributed by atoms with Gasteiger partial charge in [0.25, 0.3) is 11.8 Å². The molecule has 0 unspecified atom stereocenters. The van der Waals surface area contributed by atoms with Crippen molar-refractivity contribution in [2.24, 2.45) is 0 Å². The maximum Gasteiger partial charge on any atom is 0.265 e. The molecule has 1 aliphatic rings. The van der Waals surface area contributed by atoms with Crippen molar-refractivity contribution >= 4 is 40.9 Å². The highest BCUT2D eigenvalue weighted by Gasteiger charge is 2.33. The molecule has 0 spiro atoms. The van der Waals surface area contributed by atoms with E-state index in [0.29, 0.717) is 16.8 Å². The maximum absolute atomic E-state index is 12.8. The van der Waals surface area contributed by atoms with Crippen LogP contribution in [-0.4, -0.2) is 11.8 Å². The van der Waals surface area contributed by atoms with Gasteiger partial charge >= 0.3 is 0 Å². The van der Waals surface area contributed by atoms with Crippen molar-refractivity contribution in [3.63, 3.8) is 0 Å². The van der Waals surface area contributed by atoms with E-state index in [0.717, 1.165) is 15.7 Å². The summed E-state index contributed by atoms with van der Waals surface area (Å²) in [6.07, 6.45) is 0. The van der Waals surface area contributed by atoms with Gasteiger partial charge in [0.15, 0.2) is 0 Å². The number of hydrogen-bond donors (Lipinski definition) is 1. The van der Waals surface area contributed by atoms with Crippen molar-refractivity contribution in [3.05, 3.63) is 71.8 Å². The molecular weight excluding hydrogens is 294 g/mol. The van der Waals surface area contributed by atoms with Crippen LogP contribution in [0.4, 0.5) is 5.69 Å². The lowest BCUT2D eigenvalue weighted by atomic mass is 9.94. The molecule has 22 heavy (non-hydrogen) atoms. The van der Waals surface area contributed by atoms with E-state index in [4.69, 9.17) is 0 Å². The Bertz CT molecular complexity index is 881. The monoisotopic (exact) mass is 305 g/mol. The highest BCUT2D eigenvalue weighted by Crippen LogP contribution is 2.32. The van der Waals surface area contributed by atoms with Crippen LogP contribution < -0.4 is 4.90 Å². The van der Waals surface area contributed by atoms with E-state index in [1.54, 1.807) is 36.4 Å². The number of thiol groups is 1. The summed E-state index contributed by atoms with van der Waals surface area (Å²) in [5.74, 6) is -0.581. The first kappa shape index (κ1) is 13.1. The molecule has 1 heterocycles. The quantitative estimate of drug-likeness (QED) is 0.546. The molecule has 4 heteroatoms. The first-order valence-electron chi connectivity index (χ1n) is 6.86. The zero-order valence-corrected chi connectivity index (χ0v) is 12.4. The highest BCUT2D eigenvalue weighted by molar-refractivity contribution is 7.80. The van der Waals surface area contributed by atoms with Gasteiger partial charge in [-0.15, -0.1) is 12.6 Å². The largest absolute Gasteiger partial charge is 0.268 e. The Morgan fingerprint density at radius 3 is 1.82 bits per heavy atom. The Balaban J connectivity index is 1.97. The van der Waals surface area contributed by atoms with Crippen molar-refractivity contribution in [3.8, 4) is 0 Å². The van der Waals surface area contributed by atoms with Gasteiger partial charge < -0.3 is 0 Å². The SMILES string of the molecule is O=C1c2cccc3cccc(c23)C(=O)N1c1ccc(S)cc1. The van der Waals surface area contributed by atoms with E-state index in [1.807, 2.05) is 24.3 Å². The van der Waals surface area contributed by atoms with E-state index in [2.05, 4.69) is 12.6 Å². The molecule has 0 bridgehead atoms. The molecule has 0 fully saturated rings. The fourth-order valence-corrected chi connectivity index (χ4v) is 3.02. The summed E-state index contributed by atoms with van der Waals surface area (Å²) in [6.45, 7) is 0. The molecular formula is C18H11NO2S. The van der Waals surface area contributed by atoms with Crippen LogP contribution in [0.5, 0.6) is 0 Å². The number of carbonyl (C=O) groups excluding carboxylic acids is 2. The minimum atomic E-state index is -0.291. The average molecular weight is 305 g/mol. The van der Waals surface area contributed by atoms with Crippen LogP contribution in [0, 0.1) is 0 Å². The second-order valence-electron chi connectivity index (χ2n) is 5.17. The summed E-state index contributed by atoms with van der Waals surface area (Å²) in [7, 11) is 0. The Kier molecular flexibility index (Phi) is 2.81. The predicted octanol–water partition coefficient (Wildman–Crippen LogP) is 3.93. The topological polar surface area (TPSA) is 37.4 Å². The first-order valence-corrected chi connectivity index (χ1v) is 7.31. The van der Waals surface area contributed by atoms with E-state index < -0.39 is 0 Å². The molecule has 0 aliphatic carbocycles. The van der Waals surface area contributed by atoms with E-state index in [-0.39, 0.29) is 11.8 Å². The number of imide groups is 1. The summed E-state index contributed by atoms with van der Waals surface area (Å²) in [4.78, 5) is 27.6. The van der Waals surface area contributed by atoms with Crippen molar-refractivity contribution in [1.29, 1.82) is 0 Å². The fourth-order valence-electron chi connectivity index (χ4n) is 2.87. The molecule has 0 aromatic heterocycles. The molecule has 0 radical (unpaired) electrons. The molecule has 0 saturated carbocycles. The van der Waals surface area contributed by atoms with Gasteiger partial charge in [0.1, 0.15) is 0 Å². The van der Waals surface area contributed by atoms with Crippen molar-refractivity contribution in [2.75, 3.05) is 4.90 Å². The number of rotatable bonds is 1. The molecule has 2 amide bonds. The molecule has 0 atom stereocenters.